The number of aromatic nitrogens is 4. The molecule has 0 saturated carbocycles. The summed E-state index contributed by atoms with van der Waals surface area (Å²) in [5.74, 6) is 0.303. The third-order valence-corrected chi connectivity index (χ3v) is 4.47. The number of tetrazole rings is 1. The van der Waals surface area contributed by atoms with Crippen molar-refractivity contribution in [2.24, 2.45) is 0 Å². The highest BCUT2D eigenvalue weighted by atomic mass is 16.5. The molecule has 0 aliphatic rings. The second-order valence-corrected chi connectivity index (χ2v) is 6.78. The molecule has 1 heterocycles. The molecule has 1 atom stereocenters. The second kappa shape index (κ2) is 9.52. The summed E-state index contributed by atoms with van der Waals surface area (Å²) in [6.07, 6.45) is 0.460. The van der Waals surface area contributed by atoms with Gasteiger partial charge in [0.05, 0.1) is 11.3 Å². The maximum atomic E-state index is 12.4. The molecular weight excluding hydrogens is 410 g/mol. The lowest BCUT2D eigenvalue weighted by Crippen LogP contribution is -2.30. The molecule has 1 N–H and O–H groups in total. The van der Waals surface area contributed by atoms with Crippen LogP contribution in [0.15, 0.2) is 85.2 Å². The highest BCUT2D eigenvalue weighted by molar-refractivity contribution is 5.97. The normalized spacial score (nSPS) is 11.4. The summed E-state index contributed by atoms with van der Waals surface area (Å²) in [6, 6.07) is 22.8. The maximum Gasteiger partial charge on any atom is 0.338 e. The second-order valence-electron chi connectivity index (χ2n) is 6.78. The third kappa shape index (κ3) is 5.14. The summed E-state index contributed by atoms with van der Waals surface area (Å²) in [5, 5.41) is 13.6. The molecule has 3 aromatic carbocycles. The Morgan fingerprint density at radius 3 is 2.25 bits per heavy atom. The van der Waals surface area contributed by atoms with Crippen molar-refractivity contribution in [3.63, 3.8) is 0 Å². The first kappa shape index (κ1) is 20.7. The third-order valence-electron chi connectivity index (χ3n) is 4.47. The van der Waals surface area contributed by atoms with Gasteiger partial charge in [0.1, 0.15) is 17.8 Å². The number of para-hydroxylation sites is 1. The van der Waals surface area contributed by atoms with Crippen molar-refractivity contribution in [3.05, 3.63) is 90.8 Å². The highest BCUT2D eigenvalue weighted by Crippen LogP contribution is 2.22. The van der Waals surface area contributed by atoms with Crippen molar-refractivity contribution in [3.8, 4) is 17.2 Å². The van der Waals surface area contributed by atoms with E-state index in [1.165, 1.54) is 17.9 Å². The standard InChI is InChI=1S/C23H19N5O4/c1-16(31-23(30)17-7-11-19(12-8-17)28-15-24-26-27-28)22(29)25-18-9-13-21(14-10-18)32-20-5-3-2-4-6-20/h2-16H,1H3,(H,25,29). The van der Waals surface area contributed by atoms with Crippen LogP contribution in [0.3, 0.4) is 0 Å². The van der Waals surface area contributed by atoms with Gasteiger partial charge in [-0.25, -0.2) is 9.48 Å². The van der Waals surface area contributed by atoms with Gasteiger partial charge in [-0.15, -0.1) is 5.10 Å². The Labute approximate surface area is 183 Å². The lowest BCUT2D eigenvalue weighted by atomic mass is 10.2. The smallest absolute Gasteiger partial charge is 0.338 e. The van der Waals surface area contributed by atoms with Crippen molar-refractivity contribution in [2.75, 3.05) is 5.32 Å². The summed E-state index contributed by atoms with van der Waals surface area (Å²) in [4.78, 5) is 24.8. The van der Waals surface area contributed by atoms with Gasteiger partial charge in [-0.1, -0.05) is 18.2 Å². The highest BCUT2D eigenvalue weighted by Gasteiger charge is 2.19. The first-order valence-corrected chi connectivity index (χ1v) is 9.77. The van der Waals surface area contributed by atoms with E-state index in [1.807, 2.05) is 30.3 Å². The van der Waals surface area contributed by atoms with Crippen LogP contribution in [0.4, 0.5) is 5.69 Å². The molecule has 9 heteroatoms. The molecule has 9 nitrogen and oxygen atoms in total. The average molecular weight is 429 g/mol. The van der Waals surface area contributed by atoms with Gasteiger partial charge in [0.2, 0.25) is 0 Å². The van der Waals surface area contributed by atoms with Crippen molar-refractivity contribution < 1.29 is 19.1 Å². The van der Waals surface area contributed by atoms with Crippen LogP contribution in [0.2, 0.25) is 0 Å². The zero-order valence-corrected chi connectivity index (χ0v) is 17.1. The number of amides is 1. The van der Waals surface area contributed by atoms with E-state index in [0.29, 0.717) is 22.7 Å². The molecule has 1 amide bonds. The molecule has 0 aliphatic heterocycles. The van der Waals surface area contributed by atoms with E-state index in [9.17, 15) is 9.59 Å². The van der Waals surface area contributed by atoms with Gasteiger partial charge in [-0.3, -0.25) is 4.79 Å². The number of rotatable bonds is 7. The largest absolute Gasteiger partial charge is 0.457 e. The number of ether oxygens (including phenoxy) is 2. The maximum absolute atomic E-state index is 12.4. The number of esters is 1. The van der Waals surface area contributed by atoms with Gasteiger partial charge in [0.25, 0.3) is 5.91 Å². The molecule has 0 fully saturated rings. The van der Waals surface area contributed by atoms with Gasteiger partial charge in [0.15, 0.2) is 6.10 Å². The van der Waals surface area contributed by atoms with Crippen LogP contribution < -0.4 is 10.1 Å². The van der Waals surface area contributed by atoms with Crippen molar-refractivity contribution in [1.29, 1.82) is 0 Å². The van der Waals surface area contributed by atoms with Crippen LogP contribution in [-0.2, 0) is 9.53 Å². The minimum Gasteiger partial charge on any atom is -0.457 e. The minimum atomic E-state index is -0.984. The summed E-state index contributed by atoms with van der Waals surface area (Å²) in [5.41, 5.74) is 1.56. The lowest BCUT2D eigenvalue weighted by Gasteiger charge is -2.14. The van der Waals surface area contributed by atoms with Crippen LogP contribution in [0, 0.1) is 0 Å². The number of benzene rings is 3. The van der Waals surface area contributed by atoms with Crippen LogP contribution in [0.1, 0.15) is 17.3 Å². The summed E-state index contributed by atoms with van der Waals surface area (Å²) >= 11 is 0. The minimum absolute atomic E-state index is 0.309. The number of nitrogens with one attached hydrogen (secondary N) is 1. The number of hydrogen-bond donors (Lipinski definition) is 1. The molecule has 160 valence electrons. The monoisotopic (exact) mass is 429 g/mol. The molecule has 0 radical (unpaired) electrons. The fourth-order valence-electron chi connectivity index (χ4n) is 2.79. The Hall–Kier alpha value is -4.53. The van der Waals surface area contributed by atoms with Gasteiger partial charge < -0.3 is 14.8 Å². The van der Waals surface area contributed by atoms with E-state index in [4.69, 9.17) is 9.47 Å². The van der Waals surface area contributed by atoms with Crippen LogP contribution >= 0.6 is 0 Å². The van der Waals surface area contributed by atoms with E-state index < -0.39 is 18.0 Å². The molecule has 0 bridgehead atoms. The molecule has 1 unspecified atom stereocenters. The van der Waals surface area contributed by atoms with Crippen LogP contribution in [0.25, 0.3) is 5.69 Å². The van der Waals surface area contributed by atoms with Crippen molar-refractivity contribution >= 4 is 17.6 Å². The van der Waals surface area contributed by atoms with E-state index in [2.05, 4.69) is 20.8 Å². The summed E-state index contributed by atoms with van der Waals surface area (Å²) in [7, 11) is 0. The first-order valence-electron chi connectivity index (χ1n) is 9.77. The predicted molar refractivity (Wildman–Crippen MR) is 116 cm³/mol. The Morgan fingerprint density at radius 1 is 0.906 bits per heavy atom. The molecular formula is C23H19N5O4. The molecule has 0 aliphatic carbocycles. The molecule has 4 aromatic rings. The number of carbonyl (C=O) groups is 2. The summed E-state index contributed by atoms with van der Waals surface area (Å²) < 4.78 is 12.5. The molecule has 4 rings (SSSR count). The predicted octanol–water partition coefficient (Wildman–Crippen LogP) is 3.64. The van der Waals surface area contributed by atoms with Crippen LogP contribution in [0.5, 0.6) is 11.5 Å². The molecule has 0 spiro atoms. The van der Waals surface area contributed by atoms with Gasteiger partial charge in [0, 0.05) is 5.69 Å². The Morgan fingerprint density at radius 2 is 1.59 bits per heavy atom. The summed E-state index contributed by atoms with van der Waals surface area (Å²) in [6.45, 7) is 1.51. The zero-order valence-electron chi connectivity index (χ0n) is 17.1. The molecule has 0 saturated heterocycles. The Bertz CT molecular complexity index is 1180. The van der Waals surface area contributed by atoms with Crippen molar-refractivity contribution in [2.45, 2.75) is 13.0 Å². The van der Waals surface area contributed by atoms with Crippen LogP contribution in [-0.4, -0.2) is 38.2 Å². The van der Waals surface area contributed by atoms with Gasteiger partial charge in [-0.05, 0) is 78.0 Å². The van der Waals surface area contributed by atoms with Crippen molar-refractivity contribution in [1.82, 2.24) is 20.2 Å². The van der Waals surface area contributed by atoms with Gasteiger partial charge in [-0.2, -0.15) is 0 Å². The first-order chi connectivity index (χ1) is 15.6. The topological polar surface area (TPSA) is 108 Å². The van der Waals surface area contributed by atoms with E-state index >= 15 is 0 Å². The SMILES string of the molecule is CC(OC(=O)c1ccc(-n2cnnn2)cc1)C(=O)Nc1ccc(Oc2ccccc2)cc1. The number of nitrogens with zero attached hydrogens (tertiary/aromatic N) is 4. The number of carbonyl (C=O) groups excluding carboxylic acids is 2. The Kier molecular flexibility index (Phi) is 6.17. The molecule has 32 heavy (non-hydrogen) atoms. The fourth-order valence-corrected chi connectivity index (χ4v) is 2.79. The quantitative estimate of drug-likeness (QED) is 0.447. The van der Waals surface area contributed by atoms with Gasteiger partial charge >= 0.3 is 5.97 Å². The number of hydrogen-bond acceptors (Lipinski definition) is 7. The fraction of sp³-hybridized carbons (Fsp3) is 0.0870. The molecule has 1 aromatic heterocycles. The lowest BCUT2D eigenvalue weighted by molar-refractivity contribution is -0.123. The zero-order chi connectivity index (χ0) is 22.3. The number of anilines is 1. The van der Waals surface area contributed by atoms with E-state index in [-0.39, 0.29) is 0 Å². The Balaban J connectivity index is 1.31. The average Bonchev–Trinajstić information content (AvgIpc) is 3.36. The van der Waals surface area contributed by atoms with E-state index in [1.54, 1.807) is 48.5 Å². The van der Waals surface area contributed by atoms with E-state index in [0.717, 1.165) is 5.75 Å².